The van der Waals surface area contributed by atoms with Crippen molar-refractivity contribution in [2.75, 3.05) is 18.1 Å². The van der Waals surface area contributed by atoms with Crippen molar-refractivity contribution in [1.29, 1.82) is 0 Å². The molecule has 0 bridgehead atoms. The Kier molecular flexibility index (Phi) is 14.6. The summed E-state index contributed by atoms with van der Waals surface area (Å²) >= 11 is 1.50. The third-order valence-corrected chi connectivity index (χ3v) is 22.4. The van der Waals surface area contributed by atoms with Crippen LogP contribution in [0, 0.1) is 34.5 Å². The summed E-state index contributed by atoms with van der Waals surface area (Å²) in [6, 6.07) is 7.02. The number of hydrogen-bond acceptors (Lipinski definition) is 4. The molecular weight excluding hydrogens is 768 g/mol. The molecule has 10 heteroatoms. The molecule has 326 valence electrons. The maximum atomic E-state index is 13.1. The molecule has 1 aromatic carbocycles. The van der Waals surface area contributed by atoms with Crippen molar-refractivity contribution < 1.29 is 35.9 Å². The average molecular weight is 843 g/mol. The zero-order valence-electron chi connectivity index (χ0n) is 36.4. The smallest absolute Gasteiger partial charge is 0.453 e. The van der Waals surface area contributed by atoms with Gasteiger partial charge in [0.05, 0.1) is 12.7 Å². The minimum absolute atomic E-state index is 0.110. The molecule has 4 aliphatic carbocycles. The van der Waals surface area contributed by atoms with E-state index in [2.05, 4.69) is 65.9 Å². The standard InChI is InChI=1S/C47H75F5O3SSi/c1-33(2)43(3,4)57(6,7)55-40-32-39-42-34(18-13-11-9-8-10-12-16-28-56-29-17-23-46(48,49)47(50,51)52)30-35-31-36(54-41-19-14-15-27-53-41)20-21-37(35)38(42)22-24-44(39,5)45(40)25-26-45/h20-21,31,33-34,38-42H,8-19,22-30,32H2,1-7H3/t34-,38?,39?,40-,41?,42?,44+/m1/s1. The summed E-state index contributed by atoms with van der Waals surface area (Å²) in [5, 5.41) is 0.207. The minimum Gasteiger partial charge on any atom is -0.465 e. The summed E-state index contributed by atoms with van der Waals surface area (Å²) in [7, 11) is -2.00. The first-order valence-electron chi connectivity index (χ1n) is 22.9. The fraction of sp³-hybridized carbons (Fsp3) is 0.872. The Labute approximate surface area is 347 Å². The minimum atomic E-state index is -5.44. The normalized spacial score (nSPS) is 30.0. The van der Waals surface area contributed by atoms with Crippen LogP contribution in [-0.2, 0) is 15.6 Å². The van der Waals surface area contributed by atoms with Gasteiger partial charge in [0.1, 0.15) is 5.75 Å². The first-order chi connectivity index (χ1) is 26.8. The molecule has 1 spiro atoms. The lowest BCUT2D eigenvalue weighted by Crippen LogP contribution is -2.50. The van der Waals surface area contributed by atoms with Crippen LogP contribution in [0.1, 0.15) is 167 Å². The van der Waals surface area contributed by atoms with Crippen molar-refractivity contribution in [3.8, 4) is 5.75 Å². The Bertz CT molecular complexity index is 1460. The molecule has 1 aromatic rings. The zero-order chi connectivity index (χ0) is 41.3. The Morgan fingerprint density at radius 1 is 0.895 bits per heavy atom. The lowest BCUT2D eigenvalue weighted by molar-refractivity contribution is -0.284. The third-order valence-electron chi connectivity index (χ3n) is 16.7. The number of hydrogen-bond donors (Lipinski definition) is 0. The van der Waals surface area contributed by atoms with Crippen LogP contribution in [0.15, 0.2) is 18.2 Å². The summed E-state index contributed by atoms with van der Waals surface area (Å²) < 4.78 is 83.3. The van der Waals surface area contributed by atoms with Gasteiger partial charge >= 0.3 is 12.1 Å². The molecule has 7 atom stereocenters. The molecule has 1 heterocycles. The molecule has 0 radical (unpaired) electrons. The molecule has 0 aromatic heterocycles. The van der Waals surface area contributed by atoms with Crippen molar-refractivity contribution >= 4 is 20.1 Å². The van der Waals surface area contributed by atoms with Crippen molar-refractivity contribution in [1.82, 2.24) is 0 Å². The van der Waals surface area contributed by atoms with E-state index >= 15 is 0 Å². The maximum Gasteiger partial charge on any atom is 0.453 e. The molecule has 57 heavy (non-hydrogen) atoms. The highest BCUT2D eigenvalue weighted by atomic mass is 32.2. The van der Waals surface area contributed by atoms with E-state index in [4.69, 9.17) is 13.9 Å². The van der Waals surface area contributed by atoms with Gasteiger partial charge in [0, 0.05) is 18.3 Å². The molecule has 4 unspecified atom stereocenters. The summed E-state index contributed by atoms with van der Waals surface area (Å²) in [4.78, 5) is 0. The van der Waals surface area contributed by atoms with Gasteiger partial charge in [-0.3, -0.25) is 0 Å². The van der Waals surface area contributed by atoms with Crippen molar-refractivity contribution in [3.63, 3.8) is 0 Å². The van der Waals surface area contributed by atoms with E-state index in [0.717, 1.165) is 63.1 Å². The molecule has 4 fully saturated rings. The van der Waals surface area contributed by atoms with E-state index in [1.54, 1.807) is 5.56 Å². The van der Waals surface area contributed by atoms with E-state index in [9.17, 15) is 22.0 Å². The second kappa shape index (κ2) is 18.2. The summed E-state index contributed by atoms with van der Waals surface area (Å²) in [5.41, 5.74) is 3.78. The molecule has 1 aliphatic heterocycles. The first-order valence-corrected chi connectivity index (χ1v) is 27.0. The monoisotopic (exact) mass is 843 g/mol. The summed E-state index contributed by atoms with van der Waals surface area (Å²) in [5.74, 6) is 0.803. The fourth-order valence-corrected chi connectivity index (χ4v) is 15.5. The van der Waals surface area contributed by atoms with E-state index in [1.165, 1.54) is 81.5 Å². The van der Waals surface area contributed by atoms with Crippen LogP contribution in [0.5, 0.6) is 5.75 Å². The van der Waals surface area contributed by atoms with Gasteiger partial charge in [-0.05, 0) is 159 Å². The van der Waals surface area contributed by atoms with Gasteiger partial charge in [-0.1, -0.05) is 79.2 Å². The number of ether oxygens (including phenoxy) is 2. The Hall–Kier alpha value is -0.843. The van der Waals surface area contributed by atoms with Crippen LogP contribution in [0.4, 0.5) is 22.0 Å². The molecule has 1 saturated heterocycles. The van der Waals surface area contributed by atoms with Gasteiger partial charge in [-0.25, -0.2) is 0 Å². The molecule has 3 nitrogen and oxygen atoms in total. The van der Waals surface area contributed by atoms with Crippen LogP contribution in [0.25, 0.3) is 0 Å². The first kappa shape index (κ1) is 45.7. The fourth-order valence-electron chi connectivity index (χ4n) is 11.8. The van der Waals surface area contributed by atoms with Gasteiger partial charge in [0.2, 0.25) is 0 Å². The topological polar surface area (TPSA) is 27.7 Å². The largest absolute Gasteiger partial charge is 0.465 e. The lowest BCUT2D eigenvalue weighted by Gasteiger charge is -2.54. The highest BCUT2D eigenvalue weighted by Gasteiger charge is 2.72. The molecule has 6 rings (SSSR count). The van der Waals surface area contributed by atoms with Crippen LogP contribution < -0.4 is 4.74 Å². The molecule has 0 amide bonds. The molecule has 3 saturated carbocycles. The van der Waals surface area contributed by atoms with Crippen molar-refractivity contribution in [3.05, 3.63) is 29.3 Å². The van der Waals surface area contributed by atoms with Gasteiger partial charge in [0.25, 0.3) is 0 Å². The number of alkyl halides is 5. The average Bonchev–Trinajstić information content (AvgIpc) is 3.93. The zero-order valence-corrected chi connectivity index (χ0v) is 38.2. The molecule has 5 aliphatic rings. The Morgan fingerprint density at radius 3 is 2.23 bits per heavy atom. The number of fused-ring (bicyclic) bond motifs is 6. The Balaban J connectivity index is 1.06. The van der Waals surface area contributed by atoms with E-state index < -0.39 is 26.8 Å². The second-order valence-corrected chi connectivity index (χ2v) is 26.3. The quantitative estimate of drug-likeness (QED) is 0.0743. The third kappa shape index (κ3) is 9.79. The summed E-state index contributed by atoms with van der Waals surface area (Å²) in [6.45, 7) is 18.1. The number of thioether (sulfide) groups is 1. The number of unbranched alkanes of at least 4 members (excludes halogenated alkanes) is 6. The van der Waals surface area contributed by atoms with E-state index in [-0.39, 0.29) is 17.7 Å². The number of halogens is 5. The number of benzene rings is 1. The molecular formula is C47H75F5O3SSi. The van der Waals surface area contributed by atoms with E-state index in [0.29, 0.717) is 52.3 Å². The van der Waals surface area contributed by atoms with Gasteiger partial charge in [0.15, 0.2) is 14.6 Å². The van der Waals surface area contributed by atoms with Gasteiger partial charge in [-0.15, -0.1) is 0 Å². The summed E-state index contributed by atoms with van der Waals surface area (Å²) in [6.07, 6.45) is 13.8. The Morgan fingerprint density at radius 2 is 1.58 bits per heavy atom. The maximum absolute atomic E-state index is 13.1. The second-order valence-electron chi connectivity index (χ2n) is 20.6. The van der Waals surface area contributed by atoms with Crippen LogP contribution in [-0.4, -0.2) is 50.9 Å². The van der Waals surface area contributed by atoms with Crippen molar-refractivity contribution in [2.24, 2.45) is 34.5 Å². The lowest BCUT2D eigenvalue weighted by atomic mass is 9.50. The SMILES string of the molecule is CC(C)C(C)(C)[Si](C)(C)O[C@@H]1CC2C3C(CC[C@]2(C)C12CC2)c1ccc(OC2CCCCO2)cc1C[C@H]3CCCCCCCCCSCCCC(F)(F)C(F)(F)F. The predicted molar refractivity (Wildman–Crippen MR) is 227 cm³/mol. The molecule has 0 N–H and O–H groups in total. The van der Waals surface area contributed by atoms with Crippen molar-refractivity contribution in [2.45, 2.75) is 205 Å². The van der Waals surface area contributed by atoms with Crippen LogP contribution in [0.2, 0.25) is 18.1 Å². The highest BCUT2D eigenvalue weighted by Crippen LogP contribution is 2.77. The number of rotatable bonds is 20. The van der Waals surface area contributed by atoms with Crippen LogP contribution >= 0.6 is 11.8 Å². The van der Waals surface area contributed by atoms with Gasteiger partial charge in [-0.2, -0.15) is 33.7 Å². The predicted octanol–water partition coefficient (Wildman–Crippen LogP) is 14.9. The highest BCUT2D eigenvalue weighted by molar-refractivity contribution is 7.99. The van der Waals surface area contributed by atoms with Gasteiger partial charge < -0.3 is 13.9 Å². The van der Waals surface area contributed by atoms with E-state index in [1.807, 2.05) is 0 Å². The van der Waals surface area contributed by atoms with Crippen LogP contribution in [0.3, 0.4) is 0 Å².